The van der Waals surface area contributed by atoms with E-state index in [2.05, 4.69) is 27.4 Å². The third kappa shape index (κ3) is 2.18. The molecule has 1 aromatic heterocycles. The second-order valence-electron chi connectivity index (χ2n) is 4.94. The fraction of sp³-hybridized carbons (Fsp3) is 0.462. The summed E-state index contributed by atoms with van der Waals surface area (Å²) in [5.74, 6) is 0. The lowest BCUT2D eigenvalue weighted by atomic mass is 9.87. The molecule has 1 aromatic carbocycles. The van der Waals surface area contributed by atoms with Gasteiger partial charge in [0.25, 0.3) is 0 Å². The highest BCUT2D eigenvalue weighted by molar-refractivity contribution is 5.75. The van der Waals surface area contributed by atoms with Gasteiger partial charge in [0, 0.05) is 13.0 Å². The van der Waals surface area contributed by atoms with Crippen molar-refractivity contribution in [3.05, 3.63) is 30.1 Å². The zero-order valence-electron chi connectivity index (χ0n) is 9.74. The first kappa shape index (κ1) is 10.7. The van der Waals surface area contributed by atoms with E-state index in [-0.39, 0.29) is 0 Å². The normalized spacial score (nSPS) is 25.2. The number of imidazole rings is 1. The number of aliphatic hydroxyl groups is 1. The number of hydrogen-bond donors (Lipinski definition) is 3. The van der Waals surface area contributed by atoms with Crippen molar-refractivity contribution in [1.29, 1.82) is 0 Å². The van der Waals surface area contributed by atoms with Gasteiger partial charge in [-0.05, 0) is 37.1 Å². The number of fused-ring (bicyclic) bond motifs is 1. The van der Waals surface area contributed by atoms with E-state index in [0.29, 0.717) is 13.0 Å². The summed E-state index contributed by atoms with van der Waals surface area (Å²) in [4.78, 5) is 7.29. The maximum Gasteiger partial charge on any atom is 0.0931 e. The van der Waals surface area contributed by atoms with Crippen LogP contribution in [0.5, 0.6) is 0 Å². The van der Waals surface area contributed by atoms with Crippen molar-refractivity contribution < 1.29 is 5.11 Å². The van der Waals surface area contributed by atoms with Crippen LogP contribution in [0.3, 0.4) is 0 Å². The lowest BCUT2D eigenvalue weighted by molar-refractivity contribution is 0.0170. The first-order valence-corrected chi connectivity index (χ1v) is 6.10. The molecule has 17 heavy (non-hydrogen) atoms. The molecule has 3 rings (SSSR count). The minimum atomic E-state index is -0.591. The van der Waals surface area contributed by atoms with E-state index in [0.717, 1.165) is 36.0 Å². The molecule has 1 aliphatic heterocycles. The number of nitrogens with one attached hydrogen (secondary N) is 2. The summed E-state index contributed by atoms with van der Waals surface area (Å²) < 4.78 is 0. The van der Waals surface area contributed by atoms with Gasteiger partial charge in [0.05, 0.1) is 23.0 Å². The van der Waals surface area contributed by atoms with Gasteiger partial charge in [-0.3, -0.25) is 0 Å². The van der Waals surface area contributed by atoms with Crippen molar-refractivity contribution in [1.82, 2.24) is 15.3 Å². The fourth-order valence-electron chi connectivity index (χ4n) is 2.58. The van der Waals surface area contributed by atoms with Gasteiger partial charge in [-0.1, -0.05) is 6.07 Å². The van der Waals surface area contributed by atoms with E-state index in [9.17, 15) is 5.11 Å². The van der Waals surface area contributed by atoms with Gasteiger partial charge < -0.3 is 15.4 Å². The molecular formula is C13H17N3O. The van der Waals surface area contributed by atoms with E-state index in [1.165, 1.54) is 0 Å². The Bertz CT molecular complexity index is 514. The van der Waals surface area contributed by atoms with E-state index in [1.807, 2.05) is 6.07 Å². The average Bonchev–Trinajstić information content (AvgIpc) is 2.76. The second kappa shape index (κ2) is 4.13. The number of nitrogens with zero attached hydrogens (tertiary/aromatic N) is 1. The third-order valence-electron chi connectivity index (χ3n) is 3.47. The molecule has 4 nitrogen and oxygen atoms in total. The van der Waals surface area contributed by atoms with Crippen LogP contribution in [0.2, 0.25) is 0 Å². The first-order chi connectivity index (χ1) is 8.25. The quantitative estimate of drug-likeness (QED) is 0.728. The number of piperidine rings is 1. The zero-order valence-corrected chi connectivity index (χ0v) is 9.74. The molecule has 0 saturated carbocycles. The molecule has 1 aliphatic rings. The Balaban J connectivity index is 1.83. The number of benzene rings is 1. The highest BCUT2D eigenvalue weighted by Crippen LogP contribution is 2.22. The topological polar surface area (TPSA) is 60.9 Å². The highest BCUT2D eigenvalue weighted by Gasteiger charge is 2.29. The van der Waals surface area contributed by atoms with Crippen LogP contribution in [0.1, 0.15) is 18.4 Å². The van der Waals surface area contributed by atoms with Crippen LogP contribution in [0, 0.1) is 0 Å². The molecule has 1 unspecified atom stereocenters. The van der Waals surface area contributed by atoms with Crippen molar-refractivity contribution >= 4 is 11.0 Å². The Morgan fingerprint density at radius 3 is 3.18 bits per heavy atom. The molecule has 1 fully saturated rings. The molecule has 0 bridgehead atoms. The SMILES string of the molecule is OC1(Cc2ccc3nc[nH]c3c2)CCCNC1. The number of rotatable bonds is 2. The van der Waals surface area contributed by atoms with Crippen LogP contribution in [-0.2, 0) is 6.42 Å². The smallest absolute Gasteiger partial charge is 0.0931 e. The van der Waals surface area contributed by atoms with Gasteiger partial charge in [-0.25, -0.2) is 4.98 Å². The summed E-state index contributed by atoms with van der Waals surface area (Å²) in [6, 6.07) is 6.13. The van der Waals surface area contributed by atoms with Crippen molar-refractivity contribution in [2.45, 2.75) is 24.9 Å². The Morgan fingerprint density at radius 1 is 1.41 bits per heavy atom. The maximum atomic E-state index is 10.5. The third-order valence-corrected chi connectivity index (χ3v) is 3.47. The maximum absolute atomic E-state index is 10.5. The summed E-state index contributed by atoms with van der Waals surface area (Å²) in [5.41, 5.74) is 2.58. The van der Waals surface area contributed by atoms with E-state index < -0.39 is 5.60 Å². The standard InChI is InChI=1S/C13H17N3O/c17-13(4-1-5-14-8-13)7-10-2-3-11-12(6-10)16-9-15-11/h2-3,6,9,14,17H,1,4-5,7-8H2,(H,15,16). The van der Waals surface area contributed by atoms with Gasteiger partial charge in [0.2, 0.25) is 0 Å². The summed E-state index contributed by atoms with van der Waals surface area (Å²) in [6.07, 6.45) is 4.32. The van der Waals surface area contributed by atoms with Crippen molar-refractivity contribution in [2.24, 2.45) is 0 Å². The Hall–Kier alpha value is -1.39. The largest absolute Gasteiger partial charge is 0.388 e. The molecular weight excluding hydrogens is 214 g/mol. The minimum Gasteiger partial charge on any atom is -0.388 e. The lowest BCUT2D eigenvalue weighted by Gasteiger charge is -2.32. The molecule has 0 amide bonds. The van der Waals surface area contributed by atoms with Crippen LogP contribution >= 0.6 is 0 Å². The lowest BCUT2D eigenvalue weighted by Crippen LogP contribution is -2.47. The number of hydrogen-bond acceptors (Lipinski definition) is 3. The van der Waals surface area contributed by atoms with Crippen molar-refractivity contribution in [3.63, 3.8) is 0 Å². The van der Waals surface area contributed by atoms with Gasteiger partial charge >= 0.3 is 0 Å². The minimum absolute atomic E-state index is 0.591. The number of H-pyrrole nitrogens is 1. The van der Waals surface area contributed by atoms with E-state index in [4.69, 9.17) is 0 Å². The first-order valence-electron chi connectivity index (χ1n) is 6.10. The molecule has 0 spiro atoms. The zero-order chi connectivity index (χ0) is 11.7. The molecule has 0 aliphatic carbocycles. The Labute approximate surface area is 100 Å². The molecule has 4 heteroatoms. The average molecular weight is 231 g/mol. The predicted molar refractivity (Wildman–Crippen MR) is 66.9 cm³/mol. The molecule has 90 valence electrons. The predicted octanol–water partition coefficient (Wildman–Crippen LogP) is 1.22. The summed E-state index contributed by atoms with van der Waals surface area (Å²) in [5, 5.41) is 13.7. The van der Waals surface area contributed by atoms with E-state index in [1.54, 1.807) is 6.33 Å². The Morgan fingerprint density at radius 2 is 2.35 bits per heavy atom. The van der Waals surface area contributed by atoms with Crippen LogP contribution in [0.15, 0.2) is 24.5 Å². The second-order valence-corrected chi connectivity index (χ2v) is 4.94. The summed E-state index contributed by atoms with van der Waals surface area (Å²) in [7, 11) is 0. The highest BCUT2D eigenvalue weighted by atomic mass is 16.3. The molecule has 2 aromatic rings. The molecule has 1 saturated heterocycles. The van der Waals surface area contributed by atoms with E-state index >= 15 is 0 Å². The van der Waals surface area contributed by atoms with Crippen LogP contribution in [0.25, 0.3) is 11.0 Å². The molecule has 2 heterocycles. The number of aromatic amines is 1. The summed E-state index contributed by atoms with van der Waals surface area (Å²) in [6.45, 7) is 1.70. The van der Waals surface area contributed by atoms with Crippen molar-refractivity contribution in [3.8, 4) is 0 Å². The number of β-amino-alcohol motifs (C(OH)–C–C–N with tert-alkyl or cyclic N) is 1. The molecule has 0 radical (unpaired) electrons. The monoisotopic (exact) mass is 231 g/mol. The van der Waals surface area contributed by atoms with Gasteiger partial charge in [-0.2, -0.15) is 0 Å². The number of aromatic nitrogens is 2. The summed E-state index contributed by atoms with van der Waals surface area (Å²) >= 11 is 0. The van der Waals surface area contributed by atoms with Crippen LogP contribution in [-0.4, -0.2) is 33.8 Å². The molecule has 1 atom stereocenters. The van der Waals surface area contributed by atoms with Gasteiger partial charge in [0.1, 0.15) is 0 Å². The Kier molecular flexibility index (Phi) is 2.61. The van der Waals surface area contributed by atoms with Gasteiger partial charge in [-0.15, -0.1) is 0 Å². The van der Waals surface area contributed by atoms with Crippen LogP contribution in [0.4, 0.5) is 0 Å². The van der Waals surface area contributed by atoms with Gasteiger partial charge in [0.15, 0.2) is 0 Å². The molecule has 3 N–H and O–H groups in total. The fourth-order valence-corrected chi connectivity index (χ4v) is 2.58. The van der Waals surface area contributed by atoms with Crippen molar-refractivity contribution in [2.75, 3.05) is 13.1 Å². The van der Waals surface area contributed by atoms with Crippen LogP contribution < -0.4 is 5.32 Å².